The number of allylic oxidation sites excluding steroid dienone is 8. The van der Waals surface area contributed by atoms with Gasteiger partial charge in [-0.15, -0.1) is 0 Å². The largest absolute Gasteiger partial charge is 0.338 e. The summed E-state index contributed by atoms with van der Waals surface area (Å²) < 4.78 is 7.02. The minimum absolute atomic E-state index is 0.105. The lowest BCUT2D eigenvalue weighted by molar-refractivity contribution is -0.648. The van der Waals surface area contributed by atoms with Crippen LogP contribution in [0.1, 0.15) is 16.4 Å². The fraction of sp³-hybridized carbons (Fsp3) is 0.139. The normalized spacial score (nSPS) is 17.1. The van der Waals surface area contributed by atoms with Crippen LogP contribution in [-0.2, 0) is 25.3 Å². The van der Waals surface area contributed by atoms with Gasteiger partial charge in [0.05, 0.1) is 10.7 Å². The minimum Gasteiger partial charge on any atom is -0.338 e. The molecular formula is C36H31N3OS3+2. The van der Waals surface area contributed by atoms with E-state index in [0.717, 1.165) is 28.2 Å². The van der Waals surface area contributed by atoms with Gasteiger partial charge in [-0.1, -0.05) is 70.8 Å². The first kappa shape index (κ1) is 27.8. The van der Waals surface area contributed by atoms with E-state index in [1.165, 1.54) is 41.0 Å². The first-order valence-corrected chi connectivity index (χ1v) is 16.7. The third kappa shape index (κ3) is 5.33. The van der Waals surface area contributed by atoms with Crippen LogP contribution in [0.2, 0.25) is 0 Å². The van der Waals surface area contributed by atoms with Gasteiger partial charge in [-0.25, -0.2) is 0 Å². The van der Waals surface area contributed by atoms with Crippen molar-refractivity contribution in [1.82, 2.24) is 0 Å². The van der Waals surface area contributed by atoms with Gasteiger partial charge in [0, 0.05) is 47.7 Å². The second-order valence-corrected chi connectivity index (χ2v) is 14.0. The van der Waals surface area contributed by atoms with Crippen LogP contribution >= 0.6 is 34.4 Å². The quantitative estimate of drug-likeness (QED) is 0.144. The first-order chi connectivity index (χ1) is 21.0. The Morgan fingerprint density at radius 3 is 2.21 bits per heavy atom. The summed E-state index contributed by atoms with van der Waals surface area (Å²) in [5, 5.41) is 3.55. The Morgan fingerprint density at radius 2 is 1.47 bits per heavy atom. The standard InChI is InChI=1S/C36H31N3OS3/c1-37-27-10-4-7-13-30(27)41-33(37)19-16-24-22-25(17-20-34-38(2)28-11-5-8-14-31(28)42-34)36(40)26(23-24)18-21-35-39(3)29-12-6-9-15-32(29)43-35/h4-17,19-20,22-23H,18,21H2,1-3H3/q+2. The number of thioether (sulfide) groups is 1. The summed E-state index contributed by atoms with van der Waals surface area (Å²) in [5.74, 6) is 0.105. The van der Waals surface area contributed by atoms with Crippen LogP contribution in [0, 0.1) is 0 Å². The molecule has 43 heavy (non-hydrogen) atoms. The predicted octanol–water partition coefficient (Wildman–Crippen LogP) is 7.86. The molecule has 5 aromatic rings. The molecule has 4 nitrogen and oxygen atoms in total. The van der Waals surface area contributed by atoms with Gasteiger partial charge in [0.2, 0.25) is 16.0 Å². The Morgan fingerprint density at radius 1 is 0.767 bits per heavy atom. The van der Waals surface area contributed by atoms with Crippen LogP contribution in [0.3, 0.4) is 0 Å². The average molecular weight is 618 g/mol. The summed E-state index contributed by atoms with van der Waals surface area (Å²) in [6, 6.07) is 25.4. The zero-order chi connectivity index (χ0) is 29.5. The van der Waals surface area contributed by atoms with Crippen LogP contribution in [-0.4, -0.2) is 12.8 Å². The van der Waals surface area contributed by atoms with Gasteiger partial charge >= 0.3 is 0 Å². The van der Waals surface area contributed by atoms with Crippen molar-refractivity contribution in [3.8, 4) is 0 Å². The number of hydrogen-bond donors (Lipinski definition) is 0. The Bertz CT molecular complexity index is 2070. The van der Waals surface area contributed by atoms with E-state index in [2.05, 4.69) is 132 Å². The Hall–Kier alpha value is -4.04. The number of thiazole rings is 2. The van der Waals surface area contributed by atoms with Crippen LogP contribution < -0.4 is 14.0 Å². The molecule has 2 aromatic heterocycles. The maximum atomic E-state index is 13.8. The Kier molecular flexibility index (Phi) is 7.47. The molecule has 7 rings (SSSR count). The number of carbonyl (C=O) groups is 1. The molecule has 1 aliphatic heterocycles. The molecule has 0 atom stereocenters. The maximum absolute atomic E-state index is 13.8. The van der Waals surface area contributed by atoms with Crippen LogP contribution in [0.4, 0.5) is 5.69 Å². The lowest BCUT2D eigenvalue weighted by Crippen LogP contribution is -2.30. The molecule has 1 aliphatic carbocycles. The molecular weight excluding hydrogens is 587 g/mol. The Balaban J connectivity index is 1.21. The second kappa shape index (κ2) is 11.6. The number of hydrogen-bond acceptors (Lipinski definition) is 5. The summed E-state index contributed by atoms with van der Waals surface area (Å²) in [7, 11) is 6.31. The van der Waals surface area contributed by atoms with Gasteiger partial charge in [-0.3, -0.25) is 4.79 Å². The molecule has 0 spiro atoms. The summed E-state index contributed by atoms with van der Waals surface area (Å²) in [5.41, 5.74) is 6.25. The number of ketones is 1. The number of rotatable bonds is 6. The summed E-state index contributed by atoms with van der Waals surface area (Å²) >= 11 is 5.32. The molecule has 0 fully saturated rings. The summed E-state index contributed by atoms with van der Waals surface area (Å²) in [6.07, 6.45) is 14.0. The third-order valence-electron chi connectivity index (χ3n) is 8.02. The summed E-state index contributed by atoms with van der Waals surface area (Å²) in [6.45, 7) is 0. The molecule has 0 saturated carbocycles. The smallest absolute Gasteiger partial charge is 0.262 e. The molecule has 0 bridgehead atoms. The van der Waals surface area contributed by atoms with Gasteiger partial charge in [0.25, 0.3) is 5.01 Å². The number of nitrogens with zero attached hydrogens (tertiary/aromatic N) is 3. The molecule has 0 amide bonds. The fourth-order valence-electron chi connectivity index (χ4n) is 5.62. The van der Waals surface area contributed by atoms with E-state index in [4.69, 9.17) is 0 Å². The molecule has 0 saturated heterocycles. The number of aromatic nitrogens is 2. The van der Waals surface area contributed by atoms with Crippen molar-refractivity contribution < 1.29 is 13.9 Å². The van der Waals surface area contributed by atoms with E-state index < -0.39 is 0 Å². The van der Waals surface area contributed by atoms with Gasteiger partial charge in [-0.05, 0) is 66.6 Å². The minimum atomic E-state index is 0.105. The average Bonchev–Trinajstić information content (AvgIpc) is 3.65. The molecule has 3 aromatic carbocycles. The zero-order valence-corrected chi connectivity index (χ0v) is 26.7. The molecule has 2 aliphatic rings. The van der Waals surface area contributed by atoms with Crippen molar-refractivity contribution >= 4 is 72.4 Å². The number of carbonyl (C=O) groups excluding carboxylic acids is 1. The number of anilines is 1. The fourth-order valence-corrected chi connectivity index (χ4v) is 8.87. The molecule has 0 unspecified atom stereocenters. The monoisotopic (exact) mass is 617 g/mol. The number of fused-ring (bicyclic) bond motifs is 3. The van der Waals surface area contributed by atoms with Crippen molar-refractivity contribution in [1.29, 1.82) is 0 Å². The van der Waals surface area contributed by atoms with Crippen LogP contribution in [0.5, 0.6) is 0 Å². The van der Waals surface area contributed by atoms with Crippen molar-refractivity contribution in [3.05, 3.63) is 135 Å². The highest BCUT2D eigenvalue weighted by Crippen LogP contribution is 2.44. The van der Waals surface area contributed by atoms with Crippen molar-refractivity contribution in [2.75, 3.05) is 11.9 Å². The molecule has 3 heterocycles. The van der Waals surface area contributed by atoms with Crippen LogP contribution in [0.15, 0.2) is 130 Å². The van der Waals surface area contributed by atoms with Crippen molar-refractivity contribution in [2.24, 2.45) is 14.1 Å². The maximum Gasteiger partial charge on any atom is 0.262 e. The first-order valence-electron chi connectivity index (χ1n) is 14.3. The van der Waals surface area contributed by atoms with E-state index in [-0.39, 0.29) is 5.78 Å². The van der Waals surface area contributed by atoms with E-state index in [0.29, 0.717) is 6.42 Å². The summed E-state index contributed by atoms with van der Waals surface area (Å²) in [4.78, 5) is 17.3. The van der Waals surface area contributed by atoms with Gasteiger partial charge in [0.15, 0.2) is 5.78 Å². The molecule has 7 heteroatoms. The number of benzene rings is 3. The SMILES string of the molecule is CN1/C(=C/C=C2C=C(/C=C/c3sc4ccccc4[n+]3C)C=C(CCc3sc4ccccc4[n+]3C)C\2=O)Sc2ccccc21. The van der Waals surface area contributed by atoms with Gasteiger partial charge in [-0.2, -0.15) is 9.13 Å². The number of aryl methyl sites for hydroxylation is 3. The highest BCUT2D eigenvalue weighted by Gasteiger charge is 2.24. The van der Waals surface area contributed by atoms with Gasteiger partial charge < -0.3 is 4.90 Å². The van der Waals surface area contributed by atoms with Crippen molar-refractivity contribution in [3.63, 3.8) is 0 Å². The van der Waals surface area contributed by atoms with Crippen molar-refractivity contribution in [2.45, 2.75) is 17.7 Å². The molecule has 0 radical (unpaired) electrons. The molecule has 0 N–H and O–H groups in total. The van der Waals surface area contributed by atoms with E-state index in [1.807, 2.05) is 23.5 Å². The highest BCUT2D eigenvalue weighted by atomic mass is 32.2. The Labute approximate surface area is 263 Å². The lowest BCUT2D eigenvalue weighted by Gasteiger charge is -2.14. The third-order valence-corrected chi connectivity index (χ3v) is 11.7. The second-order valence-electron chi connectivity index (χ2n) is 10.7. The predicted molar refractivity (Wildman–Crippen MR) is 181 cm³/mol. The highest BCUT2D eigenvalue weighted by molar-refractivity contribution is 8.03. The van der Waals surface area contributed by atoms with E-state index >= 15 is 0 Å². The van der Waals surface area contributed by atoms with E-state index in [1.54, 1.807) is 23.1 Å². The molecule has 212 valence electrons. The zero-order valence-electron chi connectivity index (χ0n) is 24.3. The number of Topliss-reactive ketones (excluding diaryl/α,β-unsaturated/α-hetero) is 1. The van der Waals surface area contributed by atoms with E-state index in [9.17, 15) is 4.79 Å². The number of para-hydroxylation sites is 3. The topological polar surface area (TPSA) is 28.1 Å². The lowest BCUT2D eigenvalue weighted by atomic mass is 9.90. The van der Waals surface area contributed by atoms with Crippen LogP contribution in [0.25, 0.3) is 26.5 Å². The van der Waals surface area contributed by atoms with Gasteiger partial charge in [0.1, 0.15) is 23.5 Å².